The number of carbonyl (C=O) groups excluding carboxylic acids is 1. The molecule has 0 aliphatic heterocycles. The molecule has 9 heteroatoms. The van der Waals surface area contributed by atoms with Gasteiger partial charge in [0.2, 0.25) is 11.8 Å². The summed E-state index contributed by atoms with van der Waals surface area (Å²) in [7, 11) is 1.76. The lowest BCUT2D eigenvalue weighted by molar-refractivity contribution is 0.102. The van der Waals surface area contributed by atoms with Crippen molar-refractivity contribution in [1.82, 2.24) is 24.9 Å². The Kier molecular flexibility index (Phi) is 5.80. The molecule has 0 spiro atoms. The monoisotopic (exact) mass is 465 g/mol. The maximum atomic E-state index is 12.8. The van der Waals surface area contributed by atoms with Crippen molar-refractivity contribution in [2.75, 3.05) is 17.7 Å². The van der Waals surface area contributed by atoms with Crippen LogP contribution in [0.1, 0.15) is 21.7 Å². The second kappa shape index (κ2) is 9.22. The SMILES string of the molecule is CNc1nccc(-c2cccnc2Oc2ccc(NC(=O)c3ccc4nc(C)[nH]c4c3)cc2C)n1. The zero-order valence-corrected chi connectivity index (χ0v) is 19.5. The first kappa shape index (κ1) is 22.0. The zero-order valence-electron chi connectivity index (χ0n) is 19.5. The number of fused-ring (bicyclic) bond motifs is 1. The summed E-state index contributed by atoms with van der Waals surface area (Å²) < 4.78 is 6.15. The molecule has 3 aromatic heterocycles. The van der Waals surface area contributed by atoms with Gasteiger partial charge in [0.05, 0.1) is 22.3 Å². The van der Waals surface area contributed by atoms with Gasteiger partial charge in [0, 0.05) is 30.7 Å². The van der Waals surface area contributed by atoms with Crippen LogP contribution in [0.2, 0.25) is 0 Å². The van der Waals surface area contributed by atoms with E-state index in [2.05, 4.69) is 35.6 Å². The minimum Gasteiger partial charge on any atom is -0.438 e. The van der Waals surface area contributed by atoms with Crippen molar-refractivity contribution in [3.8, 4) is 22.9 Å². The minimum atomic E-state index is -0.205. The molecule has 0 atom stereocenters. The van der Waals surface area contributed by atoms with Crippen molar-refractivity contribution in [2.24, 2.45) is 0 Å². The number of nitrogens with one attached hydrogen (secondary N) is 3. The number of nitrogens with zero attached hydrogens (tertiary/aromatic N) is 4. The van der Waals surface area contributed by atoms with E-state index >= 15 is 0 Å². The van der Waals surface area contributed by atoms with E-state index < -0.39 is 0 Å². The molecule has 0 fully saturated rings. The third-order valence-electron chi connectivity index (χ3n) is 5.43. The Labute approximate surface area is 201 Å². The average molecular weight is 466 g/mol. The predicted octanol–water partition coefficient (Wildman–Crippen LogP) is 5.12. The number of H-pyrrole nitrogens is 1. The van der Waals surface area contributed by atoms with E-state index in [9.17, 15) is 4.79 Å². The van der Waals surface area contributed by atoms with Crippen molar-refractivity contribution < 1.29 is 9.53 Å². The molecule has 0 aliphatic carbocycles. The van der Waals surface area contributed by atoms with Crippen LogP contribution in [0.25, 0.3) is 22.3 Å². The maximum absolute atomic E-state index is 12.8. The molecule has 1 amide bonds. The number of imidazole rings is 1. The largest absolute Gasteiger partial charge is 0.438 e. The lowest BCUT2D eigenvalue weighted by Crippen LogP contribution is -2.12. The lowest BCUT2D eigenvalue weighted by Gasteiger charge is -2.13. The van der Waals surface area contributed by atoms with Gasteiger partial charge in [0.15, 0.2) is 0 Å². The van der Waals surface area contributed by atoms with E-state index in [1.54, 1.807) is 43.7 Å². The molecule has 0 unspecified atom stereocenters. The molecule has 5 aromatic rings. The standard InChI is InChI=1S/C26H23N7O2/c1-15-13-18(32-24(34)17-6-8-21-22(14-17)31-16(2)30-21)7-9-23(15)35-25-19(5-4-11-28-25)20-10-12-29-26(27-3)33-20/h4-14H,1-3H3,(H,30,31)(H,32,34)(H,27,29,33). The van der Waals surface area contributed by atoms with Crippen LogP contribution < -0.4 is 15.4 Å². The molecule has 3 heterocycles. The normalized spacial score (nSPS) is 10.8. The van der Waals surface area contributed by atoms with Crippen LogP contribution in [0.3, 0.4) is 0 Å². The third-order valence-corrected chi connectivity index (χ3v) is 5.43. The summed E-state index contributed by atoms with van der Waals surface area (Å²) in [5, 5.41) is 5.88. The number of pyridine rings is 1. The number of hydrogen-bond acceptors (Lipinski definition) is 7. The van der Waals surface area contributed by atoms with Gasteiger partial charge in [-0.1, -0.05) is 0 Å². The first-order valence-electron chi connectivity index (χ1n) is 11.0. The number of ether oxygens (including phenoxy) is 1. The van der Waals surface area contributed by atoms with E-state index in [1.807, 2.05) is 44.2 Å². The number of amides is 1. The smallest absolute Gasteiger partial charge is 0.255 e. The summed E-state index contributed by atoms with van der Waals surface area (Å²) >= 11 is 0. The van der Waals surface area contributed by atoms with E-state index in [0.717, 1.165) is 28.0 Å². The van der Waals surface area contributed by atoms with E-state index in [1.165, 1.54) is 0 Å². The predicted molar refractivity (Wildman–Crippen MR) is 135 cm³/mol. The molecule has 0 saturated carbocycles. The van der Waals surface area contributed by atoms with Crippen LogP contribution in [0.4, 0.5) is 11.6 Å². The van der Waals surface area contributed by atoms with Crippen molar-refractivity contribution in [3.05, 3.63) is 83.9 Å². The Morgan fingerprint density at radius 1 is 0.971 bits per heavy atom. The molecule has 0 saturated heterocycles. The number of aryl methyl sites for hydroxylation is 2. The van der Waals surface area contributed by atoms with Crippen LogP contribution in [0.15, 0.2) is 67.0 Å². The number of carbonyl (C=O) groups is 1. The van der Waals surface area contributed by atoms with Crippen LogP contribution in [0, 0.1) is 13.8 Å². The molecular formula is C26H23N7O2. The number of benzene rings is 2. The molecule has 35 heavy (non-hydrogen) atoms. The molecule has 5 rings (SSSR count). The molecule has 9 nitrogen and oxygen atoms in total. The molecule has 0 bridgehead atoms. The van der Waals surface area contributed by atoms with E-state index in [0.29, 0.717) is 34.5 Å². The van der Waals surface area contributed by atoms with Gasteiger partial charge in [-0.05, 0) is 74.0 Å². The van der Waals surface area contributed by atoms with Crippen LogP contribution in [-0.4, -0.2) is 37.9 Å². The first-order chi connectivity index (χ1) is 17.0. The van der Waals surface area contributed by atoms with Gasteiger partial charge in [-0.2, -0.15) is 0 Å². The molecule has 0 radical (unpaired) electrons. The molecule has 0 aliphatic rings. The Bertz CT molecular complexity index is 1540. The van der Waals surface area contributed by atoms with Gasteiger partial charge in [-0.15, -0.1) is 0 Å². The fraction of sp³-hybridized carbons (Fsp3) is 0.115. The minimum absolute atomic E-state index is 0.205. The topological polar surface area (TPSA) is 118 Å². The second-order valence-electron chi connectivity index (χ2n) is 7.96. The summed E-state index contributed by atoms with van der Waals surface area (Å²) in [5.41, 5.74) is 5.14. The quantitative estimate of drug-likeness (QED) is 0.319. The second-order valence-corrected chi connectivity index (χ2v) is 7.96. The van der Waals surface area contributed by atoms with Crippen molar-refractivity contribution in [1.29, 1.82) is 0 Å². The number of aromatic amines is 1. The fourth-order valence-corrected chi connectivity index (χ4v) is 3.72. The van der Waals surface area contributed by atoms with Gasteiger partial charge in [0.25, 0.3) is 5.91 Å². The van der Waals surface area contributed by atoms with E-state index in [-0.39, 0.29) is 5.91 Å². The first-order valence-corrected chi connectivity index (χ1v) is 11.0. The third kappa shape index (κ3) is 4.65. The summed E-state index contributed by atoms with van der Waals surface area (Å²) in [5.74, 6) is 2.16. The summed E-state index contributed by atoms with van der Waals surface area (Å²) in [6.07, 6.45) is 3.35. The van der Waals surface area contributed by atoms with E-state index in [4.69, 9.17) is 4.74 Å². The highest BCUT2D eigenvalue weighted by molar-refractivity contribution is 6.06. The number of rotatable bonds is 6. The van der Waals surface area contributed by atoms with Crippen molar-refractivity contribution >= 4 is 28.6 Å². The lowest BCUT2D eigenvalue weighted by atomic mass is 10.1. The molecule has 2 aromatic carbocycles. The highest BCUT2D eigenvalue weighted by Crippen LogP contribution is 2.33. The Hall–Kier alpha value is -4.79. The van der Waals surface area contributed by atoms with Crippen LogP contribution in [-0.2, 0) is 0 Å². The fourth-order valence-electron chi connectivity index (χ4n) is 3.72. The van der Waals surface area contributed by atoms with Crippen LogP contribution in [0.5, 0.6) is 11.6 Å². The summed E-state index contributed by atoms with van der Waals surface area (Å²) in [4.78, 5) is 33.4. The Morgan fingerprint density at radius 2 is 1.86 bits per heavy atom. The highest BCUT2D eigenvalue weighted by Gasteiger charge is 2.14. The van der Waals surface area contributed by atoms with Gasteiger partial charge in [-0.3, -0.25) is 4.79 Å². The molecular weight excluding hydrogens is 442 g/mol. The van der Waals surface area contributed by atoms with Gasteiger partial charge in [-0.25, -0.2) is 19.9 Å². The Morgan fingerprint density at radius 3 is 2.69 bits per heavy atom. The van der Waals surface area contributed by atoms with Crippen molar-refractivity contribution in [2.45, 2.75) is 13.8 Å². The number of aromatic nitrogens is 5. The zero-order chi connectivity index (χ0) is 24.4. The maximum Gasteiger partial charge on any atom is 0.255 e. The average Bonchev–Trinajstić information content (AvgIpc) is 3.25. The number of anilines is 2. The molecule has 174 valence electrons. The van der Waals surface area contributed by atoms with Crippen LogP contribution >= 0.6 is 0 Å². The highest BCUT2D eigenvalue weighted by atomic mass is 16.5. The van der Waals surface area contributed by atoms with Gasteiger partial charge in [0.1, 0.15) is 11.6 Å². The van der Waals surface area contributed by atoms with Gasteiger partial charge < -0.3 is 20.4 Å². The summed E-state index contributed by atoms with van der Waals surface area (Å²) in [6, 6.07) is 16.4. The Balaban J connectivity index is 1.35. The number of hydrogen-bond donors (Lipinski definition) is 3. The van der Waals surface area contributed by atoms with Crippen molar-refractivity contribution in [3.63, 3.8) is 0 Å². The van der Waals surface area contributed by atoms with Gasteiger partial charge >= 0.3 is 0 Å². The summed E-state index contributed by atoms with van der Waals surface area (Å²) in [6.45, 7) is 3.80. The molecule has 3 N–H and O–H groups in total.